The van der Waals surface area contributed by atoms with E-state index in [0.29, 0.717) is 0 Å². The molecule has 0 bridgehead atoms. The van der Waals surface area contributed by atoms with E-state index < -0.39 is 5.97 Å². The largest absolute Gasteiger partial charge is 0.476 e. The minimum atomic E-state index is -1.07. The normalized spacial score (nSPS) is 19.7. The number of aromatic carboxylic acids is 1. The summed E-state index contributed by atoms with van der Waals surface area (Å²) >= 11 is 0. The van der Waals surface area contributed by atoms with E-state index >= 15 is 0 Å². The molecule has 2 N–H and O–H groups in total. The molecule has 1 fully saturated rings. The number of piperidine rings is 1. The number of aromatic nitrogens is 1. The van der Waals surface area contributed by atoms with Crippen LogP contribution in [0.4, 0.5) is 6.01 Å². The minimum Gasteiger partial charge on any atom is -0.476 e. The highest BCUT2D eigenvalue weighted by Gasteiger charge is 2.29. The molecule has 0 spiro atoms. The van der Waals surface area contributed by atoms with Crippen molar-refractivity contribution in [3.63, 3.8) is 0 Å². The number of rotatable bonds is 4. The highest BCUT2D eigenvalue weighted by Crippen LogP contribution is 2.30. The van der Waals surface area contributed by atoms with Crippen LogP contribution in [0.15, 0.2) is 10.7 Å². The van der Waals surface area contributed by atoms with Crippen LogP contribution in [-0.4, -0.2) is 47.6 Å². The molecule has 1 aliphatic rings. The molecule has 6 nitrogen and oxygen atoms in total. The number of anilines is 1. The first-order valence-electron chi connectivity index (χ1n) is 6.10. The predicted molar refractivity (Wildman–Crippen MR) is 66.8 cm³/mol. The van der Waals surface area contributed by atoms with Crippen molar-refractivity contribution in [1.82, 2.24) is 9.88 Å². The van der Waals surface area contributed by atoms with Gasteiger partial charge in [0.2, 0.25) is 0 Å². The van der Waals surface area contributed by atoms with E-state index in [-0.39, 0.29) is 17.1 Å². The van der Waals surface area contributed by atoms with Crippen molar-refractivity contribution in [1.29, 1.82) is 0 Å². The summed E-state index contributed by atoms with van der Waals surface area (Å²) in [7, 11) is 2.13. The molecule has 0 amide bonds. The van der Waals surface area contributed by atoms with Crippen molar-refractivity contribution in [3.05, 3.63) is 12.0 Å². The van der Waals surface area contributed by atoms with E-state index in [1.54, 1.807) is 0 Å². The molecule has 0 atom stereocenters. The molecule has 0 unspecified atom stereocenters. The van der Waals surface area contributed by atoms with Crippen molar-refractivity contribution in [2.45, 2.75) is 19.8 Å². The Morgan fingerprint density at radius 3 is 2.83 bits per heavy atom. The van der Waals surface area contributed by atoms with Gasteiger partial charge in [-0.05, 0) is 38.4 Å². The average Bonchev–Trinajstić information content (AvgIpc) is 2.80. The molecule has 2 rings (SSSR count). The third-order valence-corrected chi connectivity index (χ3v) is 3.58. The molecule has 18 heavy (non-hydrogen) atoms. The van der Waals surface area contributed by atoms with Gasteiger partial charge in [-0.25, -0.2) is 4.79 Å². The molecule has 100 valence electrons. The minimum absolute atomic E-state index is 0.0639. The van der Waals surface area contributed by atoms with Crippen LogP contribution in [0.2, 0.25) is 0 Å². The molecule has 1 aromatic rings. The number of likely N-dealkylation sites (tertiary alicyclic amines) is 1. The zero-order valence-electron chi connectivity index (χ0n) is 10.8. The van der Waals surface area contributed by atoms with Gasteiger partial charge in [0.15, 0.2) is 5.69 Å². The Hall–Kier alpha value is -1.56. The van der Waals surface area contributed by atoms with Gasteiger partial charge < -0.3 is 19.7 Å². The lowest BCUT2D eigenvalue weighted by Gasteiger charge is -2.37. The number of hydrogen-bond acceptors (Lipinski definition) is 5. The van der Waals surface area contributed by atoms with Crippen LogP contribution in [0.25, 0.3) is 0 Å². The average molecular weight is 253 g/mol. The summed E-state index contributed by atoms with van der Waals surface area (Å²) in [6.45, 7) is 5.16. The van der Waals surface area contributed by atoms with Crippen LogP contribution in [-0.2, 0) is 0 Å². The lowest BCUT2D eigenvalue weighted by atomic mass is 9.80. The number of carboxylic acid groups (broad SMARTS) is 1. The monoisotopic (exact) mass is 253 g/mol. The molecule has 1 aromatic heterocycles. The van der Waals surface area contributed by atoms with E-state index in [0.717, 1.165) is 38.7 Å². The van der Waals surface area contributed by atoms with Gasteiger partial charge in [0.25, 0.3) is 6.01 Å². The molecule has 6 heteroatoms. The Morgan fingerprint density at radius 1 is 1.61 bits per heavy atom. The number of carbonyl (C=O) groups is 1. The fourth-order valence-corrected chi connectivity index (χ4v) is 2.08. The predicted octanol–water partition coefficient (Wildman–Crippen LogP) is 1.52. The fourth-order valence-electron chi connectivity index (χ4n) is 2.08. The smallest absolute Gasteiger partial charge is 0.357 e. The van der Waals surface area contributed by atoms with Crippen LogP contribution in [0, 0.1) is 5.41 Å². The van der Waals surface area contributed by atoms with E-state index in [2.05, 4.69) is 29.2 Å². The SMILES string of the molecule is CN1CCC(C)(CNc2nc(C(=O)O)co2)CC1. The first kappa shape index (κ1) is 12.9. The van der Waals surface area contributed by atoms with Crippen LogP contribution >= 0.6 is 0 Å². The number of carboxylic acids is 1. The maximum atomic E-state index is 10.7. The van der Waals surface area contributed by atoms with Gasteiger partial charge in [0, 0.05) is 6.54 Å². The summed E-state index contributed by atoms with van der Waals surface area (Å²) < 4.78 is 5.07. The zero-order valence-corrected chi connectivity index (χ0v) is 10.8. The molecule has 2 heterocycles. The van der Waals surface area contributed by atoms with Crippen LogP contribution in [0.5, 0.6) is 0 Å². The highest BCUT2D eigenvalue weighted by atomic mass is 16.4. The van der Waals surface area contributed by atoms with Crippen LogP contribution < -0.4 is 5.32 Å². The van der Waals surface area contributed by atoms with E-state index in [1.807, 2.05) is 0 Å². The zero-order chi connectivity index (χ0) is 13.2. The summed E-state index contributed by atoms with van der Waals surface area (Å²) in [5, 5.41) is 11.8. The fraction of sp³-hybridized carbons (Fsp3) is 0.667. The summed E-state index contributed by atoms with van der Waals surface area (Å²) in [5.74, 6) is -1.07. The Kier molecular flexibility index (Phi) is 3.56. The standard InChI is InChI=1S/C12H19N3O3/c1-12(3-5-15(2)6-4-12)8-13-11-14-9(7-18-11)10(16)17/h7H,3-6,8H2,1-2H3,(H,13,14)(H,16,17). The van der Waals surface area contributed by atoms with Crippen molar-refractivity contribution in [2.75, 3.05) is 32.0 Å². The molecule has 0 aliphatic carbocycles. The number of nitrogens with one attached hydrogen (secondary N) is 1. The molecule has 1 saturated heterocycles. The van der Waals surface area contributed by atoms with Gasteiger partial charge in [-0.15, -0.1) is 0 Å². The Labute approximate surface area is 106 Å². The molecule has 0 aromatic carbocycles. The molecule has 0 radical (unpaired) electrons. The lowest BCUT2D eigenvalue weighted by Crippen LogP contribution is -2.40. The second-order valence-electron chi connectivity index (χ2n) is 5.31. The van der Waals surface area contributed by atoms with Crippen LogP contribution in [0.3, 0.4) is 0 Å². The summed E-state index contributed by atoms with van der Waals surface area (Å²) in [6, 6.07) is 0.285. The Balaban J connectivity index is 1.88. The maximum absolute atomic E-state index is 10.7. The first-order valence-corrected chi connectivity index (χ1v) is 6.10. The maximum Gasteiger partial charge on any atom is 0.357 e. The topological polar surface area (TPSA) is 78.6 Å². The van der Waals surface area contributed by atoms with Gasteiger partial charge in [-0.3, -0.25) is 0 Å². The van der Waals surface area contributed by atoms with E-state index in [9.17, 15) is 4.79 Å². The van der Waals surface area contributed by atoms with Crippen molar-refractivity contribution >= 4 is 12.0 Å². The number of nitrogens with zero attached hydrogens (tertiary/aromatic N) is 2. The quantitative estimate of drug-likeness (QED) is 0.847. The summed E-state index contributed by atoms with van der Waals surface area (Å²) in [4.78, 5) is 16.8. The summed E-state index contributed by atoms with van der Waals surface area (Å²) in [6.07, 6.45) is 3.38. The van der Waals surface area contributed by atoms with Gasteiger partial charge in [-0.1, -0.05) is 6.92 Å². The van der Waals surface area contributed by atoms with Gasteiger partial charge in [0.1, 0.15) is 6.26 Å². The lowest BCUT2D eigenvalue weighted by molar-refractivity contribution is 0.0690. The van der Waals surface area contributed by atoms with E-state index in [1.165, 1.54) is 0 Å². The molecule has 1 aliphatic heterocycles. The molecular formula is C12H19N3O3. The second-order valence-corrected chi connectivity index (χ2v) is 5.31. The number of oxazole rings is 1. The van der Waals surface area contributed by atoms with Crippen LogP contribution in [0.1, 0.15) is 30.3 Å². The van der Waals surface area contributed by atoms with Crippen molar-refractivity contribution < 1.29 is 14.3 Å². The van der Waals surface area contributed by atoms with E-state index in [4.69, 9.17) is 9.52 Å². The highest BCUT2D eigenvalue weighted by molar-refractivity contribution is 5.85. The number of hydrogen-bond donors (Lipinski definition) is 2. The van der Waals surface area contributed by atoms with Gasteiger partial charge in [-0.2, -0.15) is 4.98 Å². The second kappa shape index (κ2) is 4.97. The van der Waals surface area contributed by atoms with Crippen molar-refractivity contribution in [2.24, 2.45) is 5.41 Å². The molecular weight excluding hydrogens is 234 g/mol. The van der Waals surface area contributed by atoms with Gasteiger partial charge in [0.05, 0.1) is 0 Å². The van der Waals surface area contributed by atoms with Gasteiger partial charge >= 0.3 is 5.97 Å². The Morgan fingerprint density at radius 2 is 2.28 bits per heavy atom. The summed E-state index contributed by atoms with van der Waals surface area (Å²) in [5.41, 5.74) is 0.149. The third kappa shape index (κ3) is 3.01. The third-order valence-electron chi connectivity index (χ3n) is 3.58. The first-order chi connectivity index (χ1) is 8.48. The van der Waals surface area contributed by atoms with Crippen molar-refractivity contribution in [3.8, 4) is 0 Å². The Bertz CT molecular complexity index is 422. The molecule has 0 saturated carbocycles.